The molecular formula is C18H26N2O2. The van der Waals surface area contributed by atoms with E-state index < -0.39 is 0 Å². The van der Waals surface area contributed by atoms with Crippen LogP contribution >= 0.6 is 0 Å². The topological polar surface area (TPSA) is 50.4 Å². The van der Waals surface area contributed by atoms with Crippen molar-refractivity contribution >= 4 is 5.91 Å². The summed E-state index contributed by atoms with van der Waals surface area (Å²) in [5.41, 5.74) is 1.22. The summed E-state index contributed by atoms with van der Waals surface area (Å²) in [5, 5.41) is 6.45. The Hall–Kier alpha value is -1.39. The largest absolute Gasteiger partial charge is 0.373 e. The van der Waals surface area contributed by atoms with Crippen LogP contribution in [-0.4, -0.2) is 31.6 Å². The molecule has 2 fully saturated rings. The Bertz CT molecular complexity index is 471. The number of amides is 1. The number of benzene rings is 1. The van der Waals surface area contributed by atoms with Gasteiger partial charge in [0.05, 0.1) is 12.1 Å². The molecule has 1 amide bonds. The van der Waals surface area contributed by atoms with Crippen molar-refractivity contribution in [3.63, 3.8) is 0 Å². The SMILES string of the molecule is O=C(NCC1CCCOC1c1ccccc1)C1CCCCN1. The van der Waals surface area contributed by atoms with Crippen LogP contribution in [0.3, 0.4) is 0 Å². The fourth-order valence-corrected chi connectivity index (χ4v) is 3.49. The predicted octanol–water partition coefficient (Wildman–Crippen LogP) is 2.41. The Labute approximate surface area is 132 Å². The third kappa shape index (κ3) is 3.87. The predicted molar refractivity (Wildman–Crippen MR) is 86.5 cm³/mol. The summed E-state index contributed by atoms with van der Waals surface area (Å²) in [4.78, 5) is 12.3. The minimum absolute atomic E-state index is 0.00608. The summed E-state index contributed by atoms with van der Waals surface area (Å²) in [6.07, 6.45) is 5.56. The minimum Gasteiger partial charge on any atom is -0.373 e. The van der Waals surface area contributed by atoms with E-state index in [4.69, 9.17) is 4.74 Å². The zero-order chi connectivity index (χ0) is 15.2. The first-order valence-corrected chi connectivity index (χ1v) is 8.52. The molecule has 2 N–H and O–H groups in total. The van der Waals surface area contributed by atoms with Gasteiger partial charge in [0.15, 0.2) is 0 Å². The number of ether oxygens (including phenoxy) is 1. The van der Waals surface area contributed by atoms with Gasteiger partial charge in [-0.1, -0.05) is 36.8 Å². The Morgan fingerprint density at radius 2 is 2.05 bits per heavy atom. The van der Waals surface area contributed by atoms with Gasteiger partial charge < -0.3 is 15.4 Å². The highest BCUT2D eigenvalue weighted by atomic mass is 16.5. The van der Waals surface area contributed by atoms with Crippen LogP contribution in [0.15, 0.2) is 30.3 Å². The number of carbonyl (C=O) groups is 1. The van der Waals surface area contributed by atoms with Crippen molar-refractivity contribution in [3.8, 4) is 0 Å². The lowest BCUT2D eigenvalue weighted by Gasteiger charge is -2.33. The van der Waals surface area contributed by atoms with E-state index in [1.807, 2.05) is 6.07 Å². The fraction of sp³-hybridized carbons (Fsp3) is 0.611. The van der Waals surface area contributed by atoms with Gasteiger partial charge in [0.2, 0.25) is 5.91 Å². The molecule has 3 rings (SSSR count). The molecule has 4 heteroatoms. The molecule has 2 aliphatic rings. The number of hydrogen-bond acceptors (Lipinski definition) is 3. The summed E-state index contributed by atoms with van der Waals surface area (Å²) in [6.45, 7) is 2.47. The Morgan fingerprint density at radius 1 is 1.18 bits per heavy atom. The molecule has 2 heterocycles. The zero-order valence-electron chi connectivity index (χ0n) is 13.1. The molecule has 0 radical (unpaired) electrons. The molecule has 0 aromatic heterocycles. The van der Waals surface area contributed by atoms with Crippen LogP contribution in [0.25, 0.3) is 0 Å². The third-order valence-electron chi connectivity index (χ3n) is 4.74. The van der Waals surface area contributed by atoms with E-state index in [2.05, 4.69) is 34.9 Å². The van der Waals surface area contributed by atoms with E-state index >= 15 is 0 Å². The summed E-state index contributed by atoms with van der Waals surface area (Å²) < 4.78 is 5.99. The van der Waals surface area contributed by atoms with Crippen molar-refractivity contribution in [1.82, 2.24) is 10.6 Å². The second-order valence-electron chi connectivity index (χ2n) is 6.35. The van der Waals surface area contributed by atoms with Crippen molar-refractivity contribution in [2.45, 2.75) is 44.2 Å². The molecule has 3 atom stereocenters. The average Bonchev–Trinajstić information content (AvgIpc) is 2.61. The number of carbonyl (C=O) groups excluding carboxylic acids is 1. The summed E-state index contributed by atoms with van der Waals surface area (Å²) in [7, 11) is 0. The van der Waals surface area contributed by atoms with Gasteiger partial charge in [0, 0.05) is 19.1 Å². The first-order valence-electron chi connectivity index (χ1n) is 8.52. The van der Waals surface area contributed by atoms with Crippen molar-refractivity contribution < 1.29 is 9.53 Å². The highest BCUT2D eigenvalue weighted by Gasteiger charge is 2.28. The number of nitrogens with one attached hydrogen (secondary N) is 2. The molecule has 4 nitrogen and oxygen atoms in total. The van der Waals surface area contributed by atoms with Gasteiger partial charge in [-0.15, -0.1) is 0 Å². The van der Waals surface area contributed by atoms with Crippen LogP contribution in [0.2, 0.25) is 0 Å². The molecule has 2 aliphatic heterocycles. The van der Waals surface area contributed by atoms with E-state index in [0.717, 1.165) is 38.8 Å². The molecule has 1 aromatic rings. The summed E-state index contributed by atoms with van der Waals surface area (Å²) >= 11 is 0. The molecule has 2 saturated heterocycles. The van der Waals surface area contributed by atoms with Crippen LogP contribution in [0.1, 0.15) is 43.8 Å². The number of rotatable bonds is 4. The van der Waals surface area contributed by atoms with Crippen LogP contribution in [0.5, 0.6) is 0 Å². The van der Waals surface area contributed by atoms with Gasteiger partial charge in [-0.25, -0.2) is 0 Å². The monoisotopic (exact) mass is 302 g/mol. The Balaban J connectivity index is 1.56. The average molecular weight is 302 g/mol. The Morgan fingerprint density at radius 3 is 2.82 bits per heavy atom. The molecule has 3 unspecified atom stereocenters. The molecule has 0 spiro atoms. The first-order chi connectivity index (χ1) is 10.8. The van der Waals surface area contributed by atoms with Gasteiger partial charge in [0.1, 0.15) is 0 Å². The molecule has 0 saturated carbocycles. The fourth-order valence-electron chi connectivity index (χ4n) is 3.49. The van der Waals surface area contributed by atoms with Crippen molar-refractivity contribution in [2.75, 3.05) is 19.7 Å². The van der Waals surface area contributed by atoms with Gasteiger partial charge >= 0.3 is 0 Å². The highest BCUT2D eigenvalue weighted by molar-refractivity contribution is 5.81. The van der Waals surface area contributed by atoms with Crippen LogP contribution < -0.4 is 10.6 Å². The van der Waals surface area contributed by atoms with Gasteiger partial charge in [-0.05, 0) is 37.8 Å². The number of hydrogen-bond donors (Lipinski definition) is 2. The molecule has 0 bridgehead atoms. The Kier molecular flexibility index (Phi) is 5.46. The first kappa shape index (κ1) is 15.5. The summed E-state index contributed by atoms with van der Waals surface area (Å²) in [5.74, 6) is 0.515. The van der Waals surface area contributed by atoms with E-state index in [1.165, 1.54) is 12.0 Å². The lowest BCUT2D eigenvalue weighted by atomic mass is 9.89. The molecule has 0 aliphatic carbocycles. The molecule has 22 heavy (non-hydrogen) atoms. The van der Waals surface area contributed by atoms with Crippen LogP contribution in [-0.2, 0) is 9.53 Å². The standard InChI is InChI=1S/C18H26N2O2/c21-18(16-10-4-5-11-19-16)20-13-15-9-6-12-22-17(15)14-7-2-1-3-8-14/h1-3,7-8,15-17,19H,4-6,9-13H2,(H,20,21). The van der Waals surface area contributed by atoms with E-state index in [1.54, 1.807) is 0 Å². The lowest BCUT2D eigenvalue weighted by Crippen LogP contribution is -2.48. The molecular weight excluding hydrogens is 276 g/mol. The van der Waals surface area contributed by atoms with Crippen molar-refractivity contribution in [3.05, 3.63) is 35.9 Å². The second-order valence-corrected chi connectivity index (χ2v) is 6.35. The van der Waals surface area contributed by atoms with Gasteiger partial charge in [-0.3, -0.25) is 4.79 Å². The molecule has 1 aromatic carbocycles. The second kappa shape index (κ2) is 7.75. The normalized spacial score (nSPS) is 29.0. The maximum absolute atomic E-state index is 12.3. The lowest BCUT2D eigenvalue weighted by molar-refractivity contribution is -0.124. The third-order valence-corrected chi connectivity index (χ3v) is 4.74. The quantitative estimate of drug-likeness (QED) is 0.898. The van der Waals surface area contributed by atoms with Crippen molar-refractivity contribution in [1.29, 1.82) is 0 Å². The van der Waals surface area contributed by atoms with Crippen LogP contribution in [0, 0.1) is 5.92 Å². The van der Waals surface area contributed by atoms with E-state index in [9.17, 15) is 4.79 Å². The minimum atomic E-state index is -0.00608. The maximum atomic E-state index is 12.3. The molecule has 120 valence electrons. The zero-order valence-corrected chi connectivity index (χ0v) is 13.1. The van der Waals surface area contributed by atoms with Crippen molar-refractivity contribution in [2.24, 2.45) is 5.92 Å². The number of piperidine rings is 1. The van der Waals surface area contributed by atoms with Gasteiger partial charge in [0.25, 0.3) is 0 Å². The maximum Gasteiger partial charge on any atom is 0.237 e. The smallest absolute Gasteiger partial charge is 0.237 e. The highest BCUT2D eigenvalue weighted by Crippen LogP contribution is 2.33. The summed E-state index contributed by atoms with van der Waals surface area (Å²) in [6, 6.07) is 10.4. The van der Waals surface area contributed by atoms with Crippen LogP contribution in [0.4, 0.5) is 0 Å². The van der Waals surface area contributed by atoms with E-state index in [0.29, 0.717) is 12.5 Å². The van der Waals surface area contributed by atoms with Gasteiger partial charge in [-0.2, -0.15) is 0 Å². The van der Waals surface area contributed by atoms with E-state index in [-0.39, 0.29) is 18.1 Å².